The summed E-state index contributed by atoms with van der Waals surface area (Å²) in [6.45, 7) is 0.346. The van der Waals surface area contributed by atoms with Gasteiger partial charge in [-0.1, -0.05) is 48.0 Å². The van der Waals surface area contributed by atoms with Gasteiger partial charge < -0.3 is 14.7 Å². The van der Waals surface area contributed by atoms with Gasteiger partial charge in [-0.05, 0) is 80.1 Å². The largest absolute Gasteiger partial charge is 0.497 e. The Labute approximate surface area is 281 Å². The molecule has 0 N–H and O–H groups in total. The summed E-state index contributed by atoms with van der Waals surface area (Å²) in [4.78, 5) is 63.6. The number of hydrogen-bond acceptors (Lipinski definition) is 6. The molecule has 0 aromatic heterocycles. The number of carbonyl (C=O) groups excluding carboxylic acids is 4. The molecule has 2 heterocycles. The highest BCUT2D eigenvalue weighted by molar-refractivity contribution is 6.30. The molecule has 3 aromatic rings. The highest BCUT2D eigenvalue weighted by atomic mass is 35.5. The van der Waals surface area contributed by atoms with Crippen LogP contribution in [-0.2, 0) is 33.9 Å². The van der Waals surface area contributed by atoms with Crippen molar-refractivity contribution in [3.63, 3.8) is 0 Å². The lowest BCUT2D eigenvalue weighted by Gasteiger charge is -2.32. The molecule has 13 heteroatoms. The molecule has 2 aliphatic rings. The van der Waals surface area contributed by atoms with Crippen molar-refractivity contribution in [2.45, 2.75) is 32.1 Å². The molecular weight excluding hydrogens is 649 g/mol. The van der Waals surface area contributed by atoms with Gasteiger partial charge in [0.1, 0.15) is 6.54 Å². The molecule has 0 bridgehead atoms. The smallest absolute Gasteiger partial charge is 0.331 e. The van der Waals surface area contributed by atoms with Crippen molar-refractivity contribution >= 4 is 41.0 Å². The molecule has 5 rings (SSSR count). The van der Waals surface area contributed by atoms with Crippen LogP contribution in [0.4, 0.5) is 18.9 Å². The Hall–Kier alpha value is -4.52. The summed E-state index contributed by atoms with van der Waals surface area (Å²) in [5.74, 6) is -4.29. The number of rotatable bonds is 9. The van der Waals surface area contributed by atoms with Crippen molar-refractivity contribution < 1.29 is 37.2 Å². The van der Waals surface area contributed by atoms with E-state index in [-0.39, 0.29) is 23.7 Å². The van der Waals surface area contributed by atoms with E-state index in [1.807, 2.05) is 31.1 Å². The van der Waals surface area contributed by atoms with E-state index < -0.39 is 41.7 Å². The van der Waals surface area contributed by atoms with Gasteiger partial charge in [0.15, 0.2) is 12.2 Å². The first-order valence-corrected chi connectivity index (χ1v) is 15.7. The average Bonchev–Trinajstić information content (AvgIpc) is 3.56. The van der Waals surface area contributed by atoms with Crippen LogP contribution in [-0.4, -0.2) is 84.8 Å². The Morgan fingerprint density at radius 3 is 2.04 bits per heavy atom. The fraction of sp³-hybridized carbons (Fsp3) is 0.314. The Kier molecular flexibility index (Phi) is 10.4. The first-order valence-electron chi connectivity index (χ1n) is 15.3. The fourth-order valence-electron chi connectivity index (χ4n) is 5.76. The number of hydroxylamine groups is 2. The summed E-state index contributed by atoms with van der Waals surface area (Å²) in [7, 11) is 3.84. The van der Waals surface area contributed by atoms with Crippen LogP contribution in [0.2, 0.25) is 5.02 Å². The maximum atomic E-state index is 14.4. The molecule has 3 amide bonds. The van der Waals surface area contributed by atoms with Crippen LogP contribution in [0, 0.1) is 0 Å². The quantitative estimate of drug-likeness (QED) is 0.217. The van der Waals surface area contributed by atoms with E-state index in [9.17, 15) is 32.3 Å². The minimum absolute atomic E-state index is 0.0228. The number of aryl methyl sites for hydroxylation is 1. The highest BCUT2D eigenvalue weighted by Gasteiger charge is 2.55. The molecule has 0 spiro atoms. The fourth-order valence-corrected chi connectivity index (χ4v) is 5.89. The first kappa shape index (κ1) is 34.8. The Morgan fingerprint density at radius 1 is 0.854 bits per heavy atom. The molecule has 0 radical (unpaired) electrons. The number of benzene rings is 3. The monoisotopic (exact) mass is 683 g/mol. The zero-order valence-electron chi connectivity index (χ0n) is 26.5. The van der Waals surface area contributed by atoms with Gasteiger partial charge in [0, 0.05) is 46.4 Å². The van der Waals surface area contributed by atoms with E-state index in [4.69, 9.17) is 16.4 Å². The molecule has 252 valence electrons. The van der Waals surface area contributed by atoms with Gasteiger partial charge in [-0.25, -0.2) is 9.59 Å². The SMILES string of the molecule is CN(C)CCCc1ccc2c(c1)[N+](Cc1ccc(C(=O)N3CC=CC3)cc1)(OC(=O)C(F)(F)F)C(=O)CN(C(=O)c1ccc(Cl)cc1)C2. The molecule has 0 saturated heterocycles. The van der Waals surface area contributed by atoms with Gasteiger partial charge in [-0.15, -0.1) is 0 Å². The van der Waals surface area contributed by atoms with E-state index >= 15 is 0 Å². The van der Waals surface area contributed by atoms with E-state index in [0.717, 1.165) is 6.54 Å². The van der Waals surface area contributed by atoms with Crippen LogP contribution in [0.15, 0.2) is 78.9 Å². The van der Waals surface area contributed by atoms with Crippen molar-refractivity contribution in [1.82, 2.24) is 19.3 Å². The summed E-state index contributed by atoms with van der Waals surface area (Å²) in [6.07, 6.45) is -0.436. The number of carbonyl (C=O) groups is 4. The van der Waals surface area contributed by atoms with Gasteiger partial charge in [-0.2, -0.15) is 13.2 Å². The summed E-state index contributed by atoms with van der Waals surface area (Å²) in [5.41, 5.74) is 1.97. The summed E-state index contributed by atoms with van der Waals surface area (Å²) >= 11 is 6.00. The van der Waals surface area contributed by atoms with Crippen molar-refractivity contribution in [2.75, 3.05) is 40.3 Å². The number of hydrogen-bond donors (Lipinski definition) is 0. The summed E-state index contributed by atoms with van der Waals surface area (Å²) in [6, 6.07) is 17.1. The normalized spacial score (nSPS) is 17.8. The summed E-state index contributed by atoms with van der Waals surface area (Å²) < 4.78 is 40.1. The lowest BCUT2D eigenvalue weighted by molar-refractivity contribution is -0.235. The van der Waals surface area contributed by atoms with Crippen LogP contribution in [0.3, 0.4) is 0 Å². The Morgan fingerprint density at radius 2 is 1.44 bits per heavy atom. The highest BCUT2D eigenvalue weighted by Crippen LogP contribution is 2.38. The van der Waals surface area contributed by atoms with Crippen molar-refractivity contribution in [3.05, 3.63) is 112 Å². The van der Waals surface area contributed by atoms with Gasteiger partial charge >= 0.3 is 18.1 Å². The molecule has 2 aliphatic heterocycles. The number of halogens is 4. The zero-order chi connectivity index (χ0) is 34.6. The van der Waals surface area contributed by atoms with E-state index in [1.54, 1.807) is 23.1 Å². The second-order valence-corrected chi connectivity index (χ2v) is 12.5. The second-order valence-electron chi connectivity index (χ2n) is 12.1. The van der Waals surface area contributed by atoms with Crippen LogP contribution in [0.25, 0.3) is 0 Å². The lowest BCUT2D eigenvalue weighted by Crippen LogP contribution is -2.58. The molecule has 48 heavy (non-hydrogen) atoms. The van der Waals surface area contributed by atoms with Gasteiger partial charge in [0.05, 0.1) is 6.54 Å². The third kappa shape index (κ3) is 7.78. The topological polar surface area (TPSA) is 87.2 Å². The van der Waals surface area contributed by atoms with Crippen molar-refractivity contribution in [2.24, 2.45) is 0 Å². The van der Waals surface area contributed by atoms with Crippen molar-refractivity contribution in [3.8, 4) is 0 Å². The van der Waals surface area contributed by atoms with E-state index in [2.05, 4.69) is 0 Å². The third-order valence-corrected chi connectivity index (χ3v) is 8.51. The standard InChI is InChI=1S/C35H35ClF3N4O5/c1-40(2)17-5-6-24-7-12-28-21-42(33(46)27-13-15-29(36)16-14-27)22-31(44)43(30(28)20-24,48-34(47)35(37,38)39)23-25-8-10-26(11-9-25)32(45)41-18-3-4-19-41/h3-4,7-16,20H,5-6,17-19,21-23H2,1-2H3/q+1. The number of nitrogens with zero attached hydrogens (tertiary/aromatic N) is 4. The molecule has 9 nitrogen and oxygen atoms in total. The minimum atomic E-state index is -5.42. The summed E-state index contributed by atoms with van der Waals surface area (Å²) in [5, 5.41) is 0.394. The maximum absolute atomic E-state index is 14.4. The molecule has 3 aromatic carbocycles. The maximum Gasteiger partial charge on any atom is 0.497 e. The van der Waals surface area contributed by atoms with Crippen LogP contribution >= 0.6 is 11.6 Å². The number of amides is 3. The van der Waals surface area contributed by atoms with E-state index in [0.29, 0.717) is 53.2 Å². The number of alkyl halides is 3. The Bertz CT molecular complexity index is 1720. The second kappa shape index (κ2) is 14.3. The Balaban J connectivity index is 1.59. The average molecular weight is 684 g/mol. The third-order valence-electron chi connectivity index (χ3n) is 8.26. The van der Waals surface area contributed by atoms with Crippen LogP contribution < -0.4 is 4.65 Å². The lowest BCUT2D eigenvalue weighted by atomic mass is 10.0. The van der Waals surface area contributed by atoms with E-state index in [1.165, 1.54) is 53.4 Å². The number of quaternary nitrogens is 1. The van der Waals surface area contributed by atoms with Gasteiger partial charge in [0.25, 0.3) is 11.8 Å². The first-order chi connectivity index (χ1) is 22.8. The predicted molar refractivity (Wildman–Crippen MR) is 174 cm³/mol. The molecule has 0 aliphatic carbocycles. The minimum Gasteiger partial charge on any atom is -0.331 e. The molecule has 0 saturated carbocycles. The predicted octanol–water partition coefficient (Wildman–Crippen LogP) is 5.56. The van der Waals surface area contributed by atoms with Gasteiger partial charge in [-0.3, -0.25) is 14.4 Å². The van der Waals surface area contributed by atoms with Gasteiger partial charge in [0.2, 0.25) is 0 Å². The molecule has 0 fully saturated rings. The molecule has 1 unspecified atom stereocenters. The molecule has 1 atom stereocenters. The zero-order valence-corrected chi connectivity index (χ0v) is 27.3. The van der Waals surface area contributed by atoms with Crippen LogP contribution in [0.1, 0.15) is 43.8 Å². The van der Waals surface area contributed by atoms with Crippen LogP contribution in [0.5, 0.6) is 0 Å². The van der Waals surface area contributed by atoms with Crippen molar-refractivity contribution in [1.29, 1.82) is 0 Å². The molecular formula is C35H35ClF3N4O5+. The number of fused-ring (bicyclic) bond motifs is 1.